The lowest BCUT2D eigenvalue weighted by Crippen LogP contribution is -2.50. The zero-order valence-corrected chi connectivity index (χ0v) is 17.8. The number of nitrogens with zero attached hydrogens (tertiary/aromatic N) is 2. The number of sulfonamides is 1. The van der Waals surface area contributed by atoms with Crippen molar-refractivity contribution < 1.29 is 18.3 Å². The molecular formula is C19H32N4O4S. The van der Waals surface area contributed by atoms with Gasteiger partial charge in [-0.3, -0.25) is 0 Å². The second-order valence-corrected chi connectivity index (χ2v) is 8.89. The van der Waals surface area contributed by atoms with Crippen molar-refractivity contribution in [1.29, 1.82) is 0 Å². The largest absolute Gasteiger partial charge is 0.504 e. The van der Waals surface area contributed by atoms with Crippen LogP contribution in [0.4, 0.5) is 0 Å². The highest BCUT2D eigenvalue weighted by atomic mass is 32.2. The summed E-state index contributed by atoms with van der Waals surface area (Å²) in [7, 11) is -1.62. The fraction of sp³-hybridized carbons (Fsp3) is 0.632. The Kier molecular flexibility index (Phi) is 8.37. The molecule has 0 atom stereocenters. The maximum atomic E-state index is 12.2. The lowest BCUT2D eigenvalue weighted by Gasteiger charge is -2.32. The standard InChI is InChI=1S/C19H32N4O4S/c1-4-13-28(25,26)23-11-9-16(10-12-23)22-19(20-5-2)21-14-15-7-6-8-17(27-3)18(15)24/h6-8,16,24H,4-5,9-14H2,1-3H3,(H2,20,21,22). The summed E-state index contributed by atoms with van der Waals surface area (Å²) in [6.45, 7) is 5.93. The number of aromatic hydroxyl groups is 1. The number of guanidine groups is 1. The number of methoxy groups -OCH3 is 1. The number of nitrogens with one attached hydrogen (secondary N) is 2. The van der Waals surface area contributed by atoms with Crippen molar-refractivity contribution in [1.82, 2.24) is 14.9 Å². The highest BCUT2D eigenvalue weighted by Crippen LogP contribution is 2.29. The number of phenols is 1. The van der Waals surface area contributed by atoms with Crippen LogP contribution >= 0.6 is 0 Å². The van der Waals surface area contributed by atoms with Crippen molar-refractivity contribution in [2.24, 2.45) is 4.99 Å². The minimum atomic E-state index is -3.13. The van der Waals surface area contributed by atoms with Gasteiger partial charge < -0.3 is 20.5 Å². The average Bonchev–Trinajstić information content (AvgIpc) is 2.67. The number of phenolic OH excluding ortho intramolecular Hbond substituents is 1. The fourth-order valence-corrected chi connectivity index (χ4v) is 4.74. The average molecular weight is 413 g/mol. The fourth-order valence-electron chi connectivity index (χ4n) is 3.20. The summed E-state index contributed by atoms with van der Waals surface area (Å²) >= 11 is 0. The van der Waals surface area contributed by atoms with Crippen LogP contribution in [0.3, 0.4) is 0 Å². The summed E-state index contributed by atoms with van der Waals surface area (Å²) in [5.41, 5.74) is 0.678. The SMILES string of the molecule is CCCS(=O)(=O)N1CCC(NC(=NCc2cccc(OC)c2O)NCC)CC1. The van der Waals surface area contributed by atoms with Crippen LogP contribution in [0.25, 0.3) is 0 Å². The summed E-state index contributed by atoms with van der Waals surface area (Å²) in [5, 5.41) is 16.8. The van der Waals surface area contributed by atoms with Gasteiger partial charge in [0.1, 0.15) is 0 Å². The summed E-state index contributed by atoms with van der Waals surface area (Å²) in [5.74, 6) is 1.38. The van der Waals surface area contributed by atoms with Gasteiger partial charge in [0.2, 0.25) is 10.0 Å². The van der Waals surface area contributed by atoms with Gasteiger partial charge in [-0.25, -0.2) is 17.7 Å². The first-order chi connectivity index (χ1) is 13.4. The smallest absolute Gasteiger partial charge is 0.214 e. The topological polar surface area (TPSA) is 103 Å². The maximum Gasteiger partial charge on any atom is 0.214 e. The molecule has 0 radical (unpaired) electrons. The number of ether oxygens (including phenoxy) is 1. The van der Waals surface area contributed by atoms with Crippen molar-refractivity contribution in [3.63, 3.8) is 0 Å². The van der Waals surface area contributed by atoms with Gasteiger partial charge in [-0.1, -0.05) is 19.1 Å². The number of hydrogen-bond acceptors (Lipinski definition) is 5. The highest BCUT2D eigenvalue weighted by Gasteiger charge is 2.27. The number of hydrogen-bond donors (Lipinski definition) is 3. The summed E-state index contributed by atoms with van der Waals surface area (Å²) < 4.78 is 31.1. The van der Waals surface area contributed by atoms with Crippen LogP contribution in [0.15, 0.2) is 23.2 Å². The van der Waals surface area contributed by atoms with E-state index < -0.39 is 10.0 Å². The van der Waals surface area contributed by atoms with Gasteiger partial charge in [-0.05, 0) is 32.3 Å². The molecular weight excluding hydrogens is 380 g/mol. The Morgan fingerprint density at radius 3 is 2.64 bits per heavy atom. The van der Waals surface area contributed by atoms with Gasteiger partial charge in [0, 0.05) is 31.2 Å². The molecule has 8 nitrogen and oxygen atoms in total. The Morgan fingerprint density at radius 2 is 2.04 bits per heavy atom. The zero-order valence-electron chi connectivity index (χ0n) is 16.9. The van der Waals surface area contributed by atoms with Crippen molar-refractivity contribution in [3.05, 3.63) is 23.8 Å². The van der Waals surface area contributed by atoms with Gasteiger partial charge >= 0.3 is 0 Å². The second-order valence-electron chi connectivity index (χ2n) is 6.80. The molecule has 0 amide bonds. The Balaban J connectivity index is 1.97. The summed E-state index contributed by atoms with van der Waals surface area (Å²) in [6, 6.07) is 5.48. The molecule has 1 aromatic carbocycles. The molecule has 1 aliphatic rings. The molecule has 2 rings (SSSR count). The van der Waals surface area contributed by atoms with Crippen LogP contribution in [0.1, 0.15) is 38.7 Å². The Hall–Kier alpha value is -2.00. The Bertz CT molecular complexity index is 759. The van der Waals surface area contributed by atoms with Crippen molar-refractivity contribution in [2.75, 3.05) is 32.5 Å². The first kappa shape index (κ1) is 22.3. The van der Waals surface area contributed by atoms with E-state index in [0.717, 1.165) is 12.8 Å². The molecule has 0 bridgehead atoms. The van der Waals surface area contributed by atoms with Crippen molar-refractivity contribution in [3.8, 4) is 11.5 Å². The molecule has 1 fully saturated rings. The molecule has 1 aromatic rings. The van der Waals surface area contributed by atoms with Crippen LogP contribution in [-0.4, -0.2) is 62.3 Å². The van der Waals surface area contributed by atoms with Crippen LogP contribution in [0.5, 0.6) is 11.5 Å². The van der Waals surface area contributed by atoms with Gasteiger partial charge in [-0.15, -0.1) is 0 Å². The molecule has 1 saturated heterocycles. The number of benzene rings is 1. The molecule has 0 unspecified atom stereocenters. The predicted molar refractivity (Wildman–Crippen MR) is 111 cm³/mol. The van der Waals surface area contributed by atoms with Crippen molar-refractivity contribution in [2.45, 2.75) is 45.7 Å². The third-order valence-corrected chi connectivity index (χ3v) is 6.78. The van der Waals surface area contributed by atoms with E-state index in [1.54, 1.807) is 10.4 Å². The number of aliphatic imine (C=N–C) groups is 1. The molecule has 1 aliphatic heterocycles. The molecule has 0 aliphatic carbocycles. The quantitative estimate of drug-likeness (QED) is 0.443. The van der Waals surface area contributed by atoms with E-state index >= 15 is 0 Å². The molecule has 9 heteroatoms. The van der Waals surface area contributed by atoms with Gasteiger partial charge in [-0.2, -0.15) is 0 Å². The maximum absolute atomic E-state index is 12.2. The zero-order chi connectivity index (χ0) is 20.6. The van der Waals surface area contributed by atoms with E-state index in [9.17, 15) is 13.5 Å². The lowest BCUT2D eigenvalue weighted by molar-refractivity contribution is 0.306. The Labute approximate surface area is 168 Å². The molecule has 0 aromatic heterocycles. The number of para-hydroxylation sites is 1. The molecule has 1 heterocycles. The molecule has 158 valence electrons. The van der Waals surface area contributed by atoms with Crippen LogP contribution in [0, 0.1) is 0 Å². The second kappa shape index (κ2) is 10.5. The molecule has 0 saturated carbocycles. The third-order valence-electron chi connectivity index (χ3n) is 4.70. The number of piperidine rings is 1. The third kappa shape index (κ3) is 6.00. The monoisotopic (exact) mass is 412 g/mol. The van der Waals surface area contributed by atoms with Gasteiger partial charge in [0.25, 0.3) is 0 Å². The van der Waals surface area contributed by atoms with Crippen molar-refractivity contribution >= 4 is 16.0 Å². The molecule has 3 N–H and O–H groups in total. The van der Waals surface area contributed by atoms with E-state index in [1.807, 2.05) is 26.0 Å². The van der Waals surface area contributed by atoms with Crippen LogP contribution < -0.4 is 15.4 Å². The van der Waals surface area contributed by atoms with E-state index in [4.69, 9.17) is 4.74 Å². The lowest BCUT2D eigenvalue weighted by atomic mass is 10.1. The van der Waals surface area contributed by atoms with Crippen LogP contribution in [0.2, 0.25) is 0 Å². The van der Waals surface area contributed by atoms with E-state index in [2.05, 4.69) is 15.6 Å². The van der Waals surface area contributed by atoms with Crippen LogP contribution in [-0.2, 0) is 16.6 Å². The molecule has 0 spiro atoms. The first-order valence-corrected chi connectivity index (χ1v) is 11.4. The normalized spacial score (nSPS) is 16.8. The van der Waals surface area contributed by atoms with Gasteiger partial charge in [0.05, 0.1) is 19.4 Å². The van der Waals surface area contributed by atoms with Gasteiger partial charge in [0.15, 0.2) is 17.5 Å². The first-order valence-electron chi connectivity index (χ1n) is 9.78. The van der Waals surface area contributed by atoms with E-state index in [-0.39, 0.29) is 17.5 Å². The number of rotatable bonds is 8. The predicted octanol–water partition coefficient (Wildman–Crippen LogP) is 1.66. The minimum absolute atomic E-state index is 0.0963. The van der Waals surface area contributed by atoms with E-state index in [1.165, 1.54) is 7.11 Å². The molecule has 28 heavy (non-hydrogen) atoms. The Morgan fingerprint density at radius 1 is 1.32 bits per heavy atom. The minimum Gasteiger partial charge on any atom is -0.504 e. The summed E-state index contributed by atoms with van der Waals surface area (Å²) in [4.78, 5) is 4.56. The van der Waals surface area contributed by atoms with E-state index in [0.29, 0.717) is 49.9 Å². The highest BCUT2D eigenvalue weighted by molar-refractivity contribution is 7.89. The summed E-state index contributed by atoms with van der Waals surface area (Å²) in [6.07, 6.45) is 2.10.